The van der Waals surface area contributed by atoms with Crippen molar-refractivity contribution in [3.05, 3.63) is 29.8 Å². The van der Waals surface area contributed by atoms with Crippen LogP contribution < -0.4 is 9.47 Å². The molecule has 1 aromatic carbocycles. The van der Waals surface area contributed by atoms with Gasteiger partial charge in [0.15, 0.2) is 11.5 Å². The molecule has 1 unspecified atom stereocenters. The lowest BCUT2D eigenvalue weighted by molar-refractivity contribution is -0.131. The van der Waals surface area contributed by atoms with Crippen molar-refractivity contribution < 1.29 is 24.6 Å². The zero-order chi connectivity index (χ0) is 17.9. The molecule has 0 bridgehead atoms. The first kappa shape index (κ1) is 19.8. The minimum absolute atomic E-state index is 0.0104. The Labute approximate surface area is 146 Å². The maximum absolute atomic E-state index is 10.3. The SMILES string of the molecule is COc1ccc(C=CC(=O)O)cc1OC.ON=C1CCCCC1Cl. The van der Waals surface area contributed by atoms with Gasteiger partial charge in [-0.05, 0) is 43.0 Å². The van der Waals surface area contributed by atoms with Crippen LogP contribution in [0.3, 0.4) is 0 Å². The van der Waals surface area contributed by atoms with Crippen LogP contribution in [0.4, 0.5) is 0 Å². The van der Waals surface area contributed by atoms with Crippen LogP contribution in [-0.2, 0) is 4.79 Å². The number of methoxy groups -OCH3 is 2. The van der Waals surface area contributed by atoms with E-state index in [9.17, 15) is 4.79 Å². The highest BCUT2D eigenvalue weighted by Crippen LogP contribution is 2.27. The first-order valence-corrected chi connectivity index (χ1v) is 7.93. The van der Waals surface area contributed by atoms with E-state index in [0.29, 0.717) is 11.5 Å². The third-order valence-corrected chi connectivity index (χ3v) is 3.93. The van der Waals surface area contributed by atoms with E-state index in [-0.39, 0.29) is 5.38 Å². The molecule has 0 heterocycles. The number of nitrogens with zero attached hydrogens (tertiary/aromatic N) is 1. The summed E-state index contributed by atoms with van der Waals surface area (Å²) < 4.78 is 10.1. The fourth-order valence-electron chi connectivity index (χ4n) is 2.19. The quantitative estimate of drug-likeness (QED) is 0.371. The van der Waals surface area contributed by atoms with Gasteiger partial charge in [-0.15, -0.1) is 11.6 Å². The van der Waals surface area contributed by atoms with Crippen LogP contribution in [0.25, 0.3) is 6.08 Å². The molecule has 7 heteroatoms. The summed E-state index contributed by atoms with van der Waals surface area (Å²) >= 11 is 5.79. The molecule has 0 aromatic heterocycles. The highest BCUT2D eigenvalue weighted by atomic mass is 35.5. The summed E-state index contributed by atoms with van der Waals surface area (Å²) in [6.45, 7) is 0. The molecule has 0 amide bonds. The van der Waals surface area contributed by atoms with Gasteiger partial charge in [0.25, 0.3) is 0 Å². The van der Waals surface area contributed by atoms with E-state index in [0.717, 1.165) is 43.0 Å². The summed E-state index contributed by atoms with van der Waals surface area (Å²) in [4.78, 5) is 10.3. The van der Waals surface area contributed by atoms with Gasteiger partial charge in [-0.3, -0.25) is 0 Å². The molecule has 1 aromatic rings. The molecule has 1 aliphatic rings. The van der Waals surface area contributed by atoms with Gasteiger partial charge in [-0.25, -0.2) is 4.79 Å². The van der Waals surface area contributed by atoms with E-state index in [1.54, 1.807) is 25.3 Å². The Balaban J connectivity index is 0.000000272. The molecule has 2 N–H and O–H groups in total. The molecule has 24 heavy (non-hydrogen) atoms. The number of alkyl halides is 1. The standard InChI is InChI=1S/C11H12O4.C6H10ClNO/c1-14-9-5-3-8(4-6-11(12)13)7-10(9)15-2;7-5-3-1-2-4-6(5)8-9/h3-7H,1-2H3,(H,12,13);5,9H,1-4H2. The lowest BCUT2D eigenvalue weighted by Crippen LogP contribution is -2.18. The molecule has 1 saturated carbocycles. The van der Waals surface area contributed by atoms with Gasteiger partial charge < -0.3 is 19.8 Å². The Morgan fingerprint density at radius 1 is 1.29 bits per heavy atom. The van der Waals surface area contributed by atoms with Crippen molar-refractivity contribution >= 4 is 29.4 Å². The number of carboxylic acids is 1. The summed E-state index contributed by atoms with van der Waals surface area (Å²) in [6.07, 6.45) is 6.66. The van der Waals surface area contributed by atoms with E-state index < -0.39 is 5.97 Å². The van der Waals surface area contributed by atoms with Crippen molar-refractivity contribution in [2.75, 3.05) is 14.2 Å². The molecule has 2 rings (SSSR count). The number of halogens is 1. The molecule has 0 aliphatic heterocycles. The van der Waals surface area contributed by atoms with Crippen LogP contribution in [0.5, 0.6) is 11.5 Å². The van der Waals surface area contributed by atoms with Gasteiger partial charge in [-0.2, -0.15) is 0 Å². The Bertz CT molecular complexity index is 601. The largest absolute Gasteiger partial charge is 0.493 e. The van der Waals surface area contributed by atoms with Crippen LogP contribution >= 0.6 is 11.6 Å². The number of ether oxygens (including phenoxy) is 2. The zero-order valence-electron chi connectivity index (χ0n) is 13.7. The van der Waals surface area contributed by atoms with Crippen molar-refractivity contribution in [3.8, 4) is 11.5 Å². The van der Waals surface area contributed by atoms with E-state index in [1.807, 2.05) is 0 Å². The Kier molecular flexibility index (Phi) is 8.71. The third kappa shape index (κ3) is 6.50. The summed E-state index contributed by atoms with van der Waals surface area (Å²) in [6, 6.07) is 5.18. The molecular weight excluding hydrogens is 334 g/mol. The predicted octanol–water partition coefficient (Wildman–Crippen LogP) is 3.80. The Morgan fingerprint density at radius 3 is 2.50 bits per heavy atom. The first-order valence-electron chi connectivity index (χ1n) is 7.49. The monoisotopic (exact) mass is 355 g/mol. The van der Waals surface area contributed by atoms with Gasteiger partial charge in [0.2, 0.25) is 0 Å². The number of hydrogen-bond acceptors (Lipinski definition) is 5. The maximum atomic E-state index is 10.3. The number of oxime groups is 1. The van der Waals surface area contributed by atoms with Crippen molar-refractivity contribution in [2.24, 2.45) is 5.16 Å². The smallest absolute Gasteiger partial charge is 0.328 e. The normalized spacial score (nSPS) is 18.8. The fourth-order valence-corrected chi connectivity index (χ4v) is 2.50. The fraction of sp³-hybridized carbons (Fsp3) is 0.412. The molecule has 1 aliphatic carbocycles. The predicted molar refractivity (Wildman–Crippen MR) is 93.5 cm³/mol. The number of aliphatic carboxylic acids is 1. The Morgan fingerprint density at radius 2 is 2.00 bits per heavy atom. The van der Waals surface area contributed by atoms with E-state index in [1.165, 1.54) is 13.2 Å². The van der Waals surface area contributed by atoms with E-state index in [2.05, 4.69) is 5.16 Å². The molecule has 1 fully saturated rings. The number of hydrogen-bond donors (Lipinski definition) is 2. The number of carbonyl (C=O) groups is 1. The summed E-state index contributed by atoms with van der Waals surface area (Å²) in [7, 11) is 3.08. The highest BCUT2D eigenvalue weighted by molar-refractivity contribution is 6.32. The summed E-state index contributed by atoms with van der Waals surface area (Å²) in [5, 5.41) is 19.9. The number of rotatable bonds is 4. The van der Waals surface area contributed by atoms with Crippen LogP contribution in [0.15, 0.2) is 29.4 Å². The number of benzene rings is 1. The van der Waals surface area contributed by atoms with Crippen molar-refractivity contribution in [1.29, 1.82) is 0 Å². The second kappa shape index (κ2) is 10.5. The number of carboxylic acid groups (broad SMARTS) is 1. The van der Waals surface area contributed by atoms with Crippen LogP contribution in [0, 0.1) is 0 Å². The van der Waals surface area contributed by atoms with Crippen molar-refractivity contribution in [2.45, 2.75) is 31.1 Å². The molecule has 0 spiro atoms. The van der Waals surface area contributed by atoms with Gasteiger partial charge in [0.05, 0.1) is 25.3 Å². The first-order chi connectivity index (χ1) is 11.5. The molecular formula is C17H22ClNO5. The lowest BCUT2D eigenvalue weighted by atomic mass is 9.98. The van der Waals surface area contributed by atoms with Crippen LogP contribution in [0.2, 0.25) is 0 Å². The van der Waals surface area contributed by atoms with E-state index >= 15 is 0 Å². The third-order valence-electron chi connectivity index (χ3n) is 3.46. The minimum Gasteiger partial charge on any atom is -0.493 e. The second-order valence-corrected chi connectivity index (χ2v) is 5.62. The lowest BCUT2D eigenvalue weighted by Gasteiger charge is -2.15. The van der Waals surface area contributed by atoms with E-state index in [4.69, 9.17) is 31.4 Å². The second-order valence-electron chi connectivity index (χ2n) is 5.09. The molecule has 0 saturated heterocycles. The van der Waals surface area contributed by atoms with Gasteiger partial charge >= 0.3 is 5.97 Å². The van der Waals surface area contributed by atoms with Crippen molar-refractivity contribution in [1.82, 2.24) is 0 Å². The molecule has 0 radical (unpaired) electrons. The summed E-state index contributed by atoms with van der Waals surface area (Å²) in [5.41, 5.74) is 1.50. The van der Waals surface area contributed by atoms with Crippen LogP contribution in [-0.4, -0.2) is 41.6 Å². The Hall–Kier alpha value is -2.21. The van der Waals surface area contributed by atoms with Crippen LogP contribution in [0.1, 0.15) is 31.2 Å². The molecule has 6 nitrogen and oxygen atoms in total. The average Bonchev–Trinajstić information content (AvgIpc) is 2.60. The molecule has 1 atom stereocenters. The van der Waals surface area contributed by atoms with Gasteiger partial charge in [0, 0.05) is 6.08 Å². The minimum atomic E-state index is -0.982. The zero-order valence-corrected chi connectivity index (χ0v) is 14.5. The molecule has 132 valence electrons. The summed E-state index contributed by atoms with van der Waals surface area (Å²) in [5.74, 6) is 0.208. The maximum Gasteiger partial charge on any atom is 0.328 e. The average molecular weight is 356 g/mol. The topological polar surface area (TPSA) is 88.4 Å². The van der Waals surface area contributed by atoms with Crippen molar-refractivity contribution in [3.63, 3.8) is 0 Å². The highest BCUT2D eigenvalue weighted by Gasteiger charge is 2.17. The van der Waals surface area contributed by atoms with Gasteiger partial charge in [0.1, 0.15) is 0 Å². The van der Waals surface area contributed by atoms with Gasteiger partial charge in [-0.1, -0.05) is 17.6 Å².